The molecular formula is C18H25ClN4O2S. The summed E-state index contributed by atoms with van der Waals surface area (Å²) in [4.78, 5) is 20.2. The average Bonchev–Trinajstić information content (AvgIpc) is 3.05. The highest BCUT2D eigenvalue weighted by Crippen LogP contribution is 2.28. The van der Waals surface area contributed by atoms with Gasteiger partial charge in [-0.3, -0.25) is 4.79 Å². The summed E-state index contributed by atoms with van der Waals surface area (Å²) in [6, 6.07) is 7.77. The summed E-state index contributed by atoms with van der Waals surface area (Å²) in [7, 11) is 1.96. The highest BCUT2D eigenvalue weighted by atomic mass is 35.5. The first-order chi connectivity index (χ1) is 12.2. The molecular weight excluding hydrogens is 372 g/mol. The van der Waals surface area contributed by atoms with E-state index in [-0.39, 0.29) is 18.3 Å². The molecule has 1 fully saturated rings. The highest BCUT2D eigenvalue weighted by molar-refractivity contribution is 7.98. The van der Waals surface area contributed by atoms with Gasteiger partial charge in [0.25, 0.3) is 5.91 Å². The van der Waals surface area contributed by atoms with E-state index in [4.69, 9.17) is 4.52 Å². The first-order valence-corrected chi connectivity index (χ1v) is 9.61. The van der Waals surface area contributed by atoms with E-state index in [1.807, 2.05) is 36.2 Å². The fourth-order valence-electron chi connectivity index (χ4n) is 3.18. The zero-order valence-electron chi connectivity index (χ0n) is 15.1. The van der Waals surface area contributed by atoms with Crippen molar-refractivity contribution in [1.82, 2.24) is 20.4 Å². The summed E-state index contributed by atoms with van der Waals surface area (Å²) in [5, 5.41) is 7.03. The van der Waals surface area contributed by atoms with Gasteiger partial charge in [-0.05, 0) is 51.4 Å². The number of piperidine rings is 1. The number of carbonyl (C=O) groups is 1. The van der Waals surface area contributed by atoms with Gasteiger partial charge in [0, 0.05) is 18.0 Å². The Morgan fingerprint density at radius 3 is 2.96 bits per heavy atom. The van der Waals surface area contributed by atoms with Crippen LogP contribution in [0.4, 0.5) is 0 Å². The lowest BCUT2D eigenvalue weighted by Gasteiger charge is -2.33. The Kier molecular flexibility index (Phi) is 7.93. The Bertz CT molecular complexity index is 723. The van der Waals surface area contributed by atoms with Crippen LogP contribution in [-0.4, -0.2) is 47.6 Å². The van der Waals surface area contributed by atoms with Crippen LogP contribution in [0.2, 0.25) is 0 Å². The molecule has 0 aliphatic carbocycles. The lowest BCUT2D eigenvalue weighted by atomic mass is 9.97. The van der Waals surface area contributed by atoms with Crippen molar-refractivity contribution in [3.8, 4) is 0 Å². The van der Waals surface area contributed by atoms with Gasteiger partial charge in [0.05, 0.1) is 11.3 Å². The second kappa shape index (κ2) is 9.94. The van der Waals surface area contributed by atoms with Gasteiger partial charge in [0.1, 0.15) is 0 Å². The van der Waals surface area contributed by atoms with E-state index >= 15 is 0 Å². The summed E-state index contributed by atoms with van der Waals surface area (Å²) in [5.41, 5.74) is 0.758. The Morgan fingerprint density at radius 1 is 1.42 bits per heavy atom. The minimum absolute atomic E-state index is 0. The van der Waals surface area contributed by atoms with Crippen LogP contribution in [0.25, 0.3) is 0 Å². The van der Waals surface area contributed by atoms with Crippen LogP contribution >= 0.6 is 24.2 Å². The topological polar surface area (TPSA) is 71.3 Å². The van der Waals surface area contributed by atoms with Crippen LogP contribution < -0.4 is 5.32 Å². The molecule has 8 heteroatoms. The number of carbonyl (C=O) groups excluding carboxylic acids is 1. The van der Waals surface area contributed by atoms with Gasteiger partial charge < -0.3 is 14.7 Å². The molecule has 1 aliphatic heterocycles. The largest absolute Gasteiger partial charge is 0.338 e. The molecule has 26 heavy (non-hydrogen) atoms. The molecule has 0 saturated carbocycles. The molecule has 3 rings (SSSR count). The van der Waals surface area contributed by atoms with E-state index in [1.54, 1.807) is 18.7 Å². The Morgan fingerprint density at radius 2 is 2.23 bits per heavy atom. The van der Waals surface area contributed by atoms with E-state index in [0.29, 0.717) is 23.4 Å². The monoisotopic (exact) mass is 396 g/mol. The van der Waals surface area contributed by atoms with Crippen LogP contribution in [0.5, 0.6) is 0 Å². The maximum Gasteiger partial charge on any atom is 0.254 e. The zero-order valence-corrected chi connectivity index (χ0v) is 16.7. The second-order valence-electron chi connectivity index (χ2n) is 6.34. The van der Waals surface area contributed by atoms with Crippen LogP contribution in [-0.2, 0) is 5.75 Å². The van der Waals surface area contributed by atoms with E-state index in [9.17, 15) is 4.79 Å². The third-order valence-corrected chi connectivity index (χ3v) is 5.40. The number of thioether (sulfide) groups is 1. The normalized spacial score (nSPS) is 17.0. The first kappa shape index (κ1) is 20.7. The van der Waals surface area contributed by atoms with E-state index in [2.05, 4.69) is 15.5 Å². The molecule has 1 aliphatic rings. The number of benzene rings is 1. The number of likely N-dealkylation sites (tertiary alicyclic amines) is 1. The van der Waals surface area contributed by atoms with Crippen molar-refractivity contribution >= 4 is 30.1 Å². The minimum Gasteiger partial charge on any atom is -0.338 e. The maximum absolute atomic E-state index is 13.0. The lowest BCUT2D eigenvalue weighted by molar-refractivity contribution is 0.0670. The van der Waals surface area contributed by atoms with E-state index in [1.165, 1.54) is 6.42 Å². The quantitative estimate of drug-likeness (QED) is 0.756. The minimum atomic E-state index is 0. The molecule has 1 saturated heterocycles. The summed E-state index contributed by atoms with van der Waals surface area (Å²) in [6.45, 7) is 4.41. The van der Waals surface area contributed by atoms with Crippen LogP contribution in [0.3, 0.4) is 0 Å². The maximum atomic E-state index is 13.0. The van der Waals surface area contributed by atoms with Gasteiger partial charge in [-0.15, -0.1) is 24.2 Å². The summed E-state index contributed by atoms with van der Waals surface area (Å²) in [5.74, 6) is 2.42. The summed E-state index contributed by atoms with van der Waals surface area (Å²) in [6.07, 6.45) is 2.24. The molecule has 2 aromatic rings. The highest BCUT2D eigenvalue weighted by Gasteiger charge is 2.25. The predicted molar refractivity (Wildman–Crippen MR) is 105 cm³/mol. The number of halogens is 1. The fourth-order valence-corrected chi connectivity index (χ4v) is 4.06. The standard InChI is InChI=1S/C18H24N4O2S.ClH/c1-13-20-17(24-21-13)12-25-16-8-4-3-7-15(16)18(23)22-9-5-6-14(11-22)10-19-2;/h3-4,7-8,14,19H,5-6,9-12H2,1-2H3;1H. The Labute approximate surface area is 164 Å². The molecule has 0 radical (unpaired) electrons. The van der Waals surface area contributed by atoms with Crippen molar-refractivity contribution in [2.75, 3.05) is 26.7 Å². The second-order valence-corrected chi connectivity index (χ2v) is 7.35. The molecule has 0 spiro atoms. The number of nitrogens with zero attached hydrogens (tertiary/aromatic N) is 3. The molecule has 1 N–H and O–H groups in total. The first-order valence-electron chi connectivity index (χ1n) is 8.62. The molecule has 6 nitrogen and oxygen atoms in total. The molecule has 1 aromatic carbocycles. The van der Waals surface area contributed by atoms with Gasteiger partial charge >= 0.3 is 0 Å². The molecule has 1 amide bonds. The molecule has 142 valence electrons. The van der Waals surface area contributed by atoms with Crippen molar-refractivity contribution in [3.63, 3.8) is 0 Å². The van der Waals surface area contributed by atoms with Crippen molar-refractivity contribution < 1.29 is 9.32 Å². The fraction of sp³-hybridized carbons (Fsp3) is 0.500. The number of aryl methyl sites for hydroxylation is 1. The van der Waals surface area contributed by atoms with E-state index < -0.39 is 0 Å². The molecule has 0 bridgehead atoms. The SMILES string of the molecule is CNCC1CCCN(C(=O)c2ccccc2SCc2nc(C)no2)C1.Cl. The third kappa shape index (κ3) is 5.22. The number of amides is 1. The summed E-state index contributed by atoms with van der Waals surface area (Å²) >= 11 is 1.56. The van der Waals surface area contributed by atoms with Crippen molar-refractivity contribution in [2.45, 2.75) is 30.4 Å². The van der Waals surface area contributed by atoms with Crippen LogP contribution in [0.15, 0.2) is 33.7 Å². The average molecular weight is 397 g/mol. The Balaban J connectivity index is 0.00000243. The molecule has 2 heterocycles. The molecule has 1 unspecified atom stereocenters. The predicted octanol–water partition coefficient (Wildman–Crippen LogP) is 3.16. The van der Waals surface area contributed by atoms with Gasteiger partial charge in [-0.25, -0.2) is 0 Å². The van der Waals surface area contributed by atoms with Crippen LogP contribution in [0.1, 0.15) is 34.9 Å². The number of hydrogen-bond acceptors (Lipinski definition) is 6. The van der Waals surface area contributed by atoms with Crippen molar-refractivity contribution in [3.05, 3.63) is 41.5 Å². The molecule has 1 atom stereocenters. The van der Waals surface area contributed by atoms with Crippen molar-refractivity contribution in [1.29, 1.82) is 0 Å². The number of hydrogen-bond donors (Lipinski definition) is 1. The summed E-state index contributed by atoms with van der Waals surface area (Å²) < 4.78 is 5.16. The Hall–Kier alpha value is -1.57. The lowest BCUT2D eigenvalue weighted by Crippen LogP contribution is -2.42. The third-order valence-electron chi connectivity index (χ3n) is 4.34. The van der Waals surface area contributed by atoms with Gasteiger partial charge in [0.2, 0.25) is 5.89 Å². The van der Waals surface area contributed by atoms with Crippen molar-refractivity contribution in [2.24, 2.45) is 5.92 Å². The number of aromatic nitrogens is 2. The molecule has 1 aromatic heterocycles. The van der Waals surface area contributed by atoms with Crippen LogP contribution in [0, 0.1) is 12.8 Å². The van der Waals surface area contributed by atoms with Gasteiger partial charge in [-0.2, -0.15) is 4.98 Å². The van der Waals surface area contributed by atoms with Gasteiger partial charge in [0.15, 0.2) is 5.82 Å². The number of nitrogens with one attached hydrogen (secondary N) is 1. The number of rotatable bonds is 6. The van der Waals surface area contributed by atoms with Gasteiger partial charge in [-0.1, -0.05) is 17.3 Å². The smallest absolute Gasteiger partial charge is 0.254 e. The van der Waals surface area contributed by atoms with E-state index in [0.717, 1.165) is 36.5 Å². The zero-order chi connectivity index (χ0) is 17.6.